The molecule has 1 aromatic rings. The number of rotatable bonds is 5. The van der Waals surface area contributed by atoms with Gasteiger partial charge in [-0.25, -0.2) is 22.5 Å². The highest BCUT2D eigenvalue weighted by Gasteiger charge is 2.21. The quantitative estimate of drug-likeness (QED) is 0.768. The van der Waals surface area contributed by atoms with Crippen LogP contribution in [0, 0.1) is 0 Å². The number of anilines is 1. The number of hydrogen-bond donors (Lipinski definition) is 2. The maximum atomic E-state index is 11.9. The van der Waals surface area contributed by atoms with E-state index < -0.39 is 16.0 Å². The van der Waals surface area contributed by atoms with Gasteiger partial charge in [-0.05, 0) is 18.2 Å². The number of sulfonamides is 1. The summed E-state index contributed by atoms with van der Waals surface area (Å²) in [5, 5.41) is 10.7. The fourth-order valence-electron chi connectivity index (χ4n) is 1.41. The molecule has 8 heteroatoms. The Kier molecular flexibility index (Phi) is 4.51. The van der Waals surface area contributed by atoms with Gasteiger partial charge in [0.05, 0.1) is 16.1 Å². The average molecular weight is 287 g/mol. The Morgan fingerprint density at radius 3 is 2.21 bits per heavy atom. The molecule has 0 fully saturated rings. The first kappa shape index (κ1) is 15.4. The molecule has 19 heavy (non-hydrogen) atoms. The normalized spacial score (nSPS) is 11.9. The van der Waals surface area contributed by atoms with Gasteiger partial charge in [-0.2, -0.15) is 0 Å². The SMILES string of the molecule is CN(C)Nc1ccc(S(=O)(=O)N(C)C)cc1C(=O)O. The Balaban J connectivity index is 3.36. The van der Waals surface area contributed by atoms with E-state index in [0.29, 0.717) is 5.69 Å². The molecule has 0 saturated carbocycles. The van der Waals surface area contributed by atoms with E-state index in [1.165, 1.54) is 26.2 Å². The number of hydrogen-bond acceptors (Lipinski definition) is 5. The predicted octanol–water partition coefficient (Wildman–Crippen LogP) is 0.524. The van der Waals surface area contributed by atoms with Crippen LogP contribution in [0.2, 0.25) is 0 Å². The lowest BCUT2D eigenvalue weighted by atomic mass is 10.2. The molecule has 0 radical (unpaired) electrons. The molecular formula is C11H17N3O4S. The van der Waals surface area contributed by atoms with Crippen molar-refractivity contribution in [2.45, 2.75) is 4.90 Å². The van der Waals surface area contributed by atoms with Crippen LogP contribution in [0.5, 0.6) is 0 Å². The van der Waals surface area contributed by atoms with Gasteiger partial charge >= 0.3 is 5.97 Å². The van der Waals surface area contributed by atoms with Gasteiger partial charge in [-0.15, -0.1) is 0 Å². The van der Waals surface area contributed by atoms with Crippen LogP contribution in [0.4, 0.5) is 5.69 Å². The van der Waals surface area contributed by atoms with Gasteiger partial charge in [0, 0.05) is 28.2 Å². The smallest absolute Gasteiger partial charge is 0.337 e. The van der Waals surface area contributed by atoms with Crippen LogP contribution >= 0.6 is 0 Å². The zero-order valence-electron chi connectivity index (χ0n) is 11.2. The fraction of sp³-hybridized carbons (Fsp3) is 0.364. The number of aromatic carboxylic acids is 1. The first-order valence-electron chi connectivity index (χ1n) is 5.40. The molecular weight excluding hydrogens is 270 g/mol. The summed E-state index contributed by atoms with van der Waals surface area (Å²) in [4.78, 5) is 11.1. The molecule has 7 nitrogen and oxygen atoms in total. The van der Waals surface area contributed by atoms with Crippen molar-refractivity contribution in [3.05, 3.63) is 23.8 Å². The van der Waals surface area contributed by atoms with Crippen LogP contribution in [-0.2, 0) is 10.0 Å². The third kappa shape index (κ3) is 3.43. The summed E-state index contributed by atoms with van der Waals surface area (Å²) in [7, 11) is 2.54. The number of carbonyl (C=O) groups is 1. The van der Waals surface area contributed by atoms with Gasteiger partial charge < -0.3 is 10.5 Å². The number of nitrogens with zero attached hydrogens (tertiary/aromatic N) is 2. The van der Waals surface area contributed by atoms with Gasteiger partial charge in [0.25, 0.3) is 0 Å². The van der Waals surface area contributed by atoms with E-state index in [1.54, 1.807) is 19.1 Å². The lowest BCUT2D eigenvalue weighted by Crippen LogP contribution is -2.24. The molecule has 0 heterocycles. The minimum Gasteiger partial charge on any atom is -0.478 e. The van der Waals surface area contributed by atoms with Crippen molar-refractivity contribution in [3.8, 4) is 0 Å². The molecule has 0 spiro atoms. The lowest BCUT2D eigenvalue weighted by molar-refractivity contribution is 0.0697. The maximum absolute atomic E-state index is 11.9. The molecule has 0 aliphatic rings. The van der Waals surface area contributed by atoms with Gasteiger partial charge in [0.15, 0.2) is 0 Å². The first-order valence-corrected chi connectivity index (χ1v) is 6.84. The van der Waals surface area contributed by atoms with Crippen molar-refractivity contribution < 1.29 is 18.3 Å². The third-order valence-corrected chi connectivity index (χ3v) is 4.16. The van der Waals surface area contributed by atoms with Crippen molar-refractivity contribution in [2.75, 3.05) is 33.6 Å². The second kappa shape index (κ2) is 5.55. The van der Waals surface area contributed by atoms with E-state index >= 15 is 0 Å². The molecule has 0 atom stereocenters. The predicted molar refractivity (Wildman–Crippen MR) is 71.6 cm³/mol. The van der Waals surface area contributed by atoms with Crippen LogP contribution in [-0.4, -0.2) is 57.0 Å². The van der Waals surface area contributed by atoms with Crippen LogP contribution in [0.25, 0.3) is 0 Å². The minimum absolute atomic E-state index is 0.0563. The summed E-state index contributed by atoms with van der Waals surface area (Å²) < 4.78 is 24.9. The monoisotopic (exact) mass is 287 g/mol. The molecule has 2 N–H and O–H groups in total. The Morgan fingerprint density at radius 1 is 1.21 bits per heavy atom. The van der Waals surface area contributed by atoms with Gasteiger partial charge in [0.1, 0.15) is 0 Å². The fourth-order valence-corrected chi connectivity index (χ4v) is 2.34. The Labute approximate surface area is 112 Å². The van der Waals surface area contributed by atoms with Crippen LogP contribution in [0.15, 0.2) is 23.1 Å². The van der Waals surface area contributed by atoms with E-state index in [4.69, 9.17) is 5.11 Å². The number of hydrazine groups is 1. The molecule has 0 aliphatic heterocycles. The number of nitrogens with one attached hydrogen (secondary N) is 1. The summed E-state index contributed by atoms with van der Waals surface area (Å²) in [5.41, 5.74) is 3.04. The second-order valence-corrected chi connectivity index (χ2v) is 6.46. The van der Waals surface area contributed by atoms with E-state index in [9.17, 15) is 13.2 Å². The molecule has 0 aliphatic carbocycles. The highest BCUT2D eigenvalue weighted by atomic mass is 32.2. The van der Waals surface area contributed by atoms with Gasteiger partial charge in [-0.3, -0.25) is 0 Å². The van der Waals surface area contributed by atoms with E-state index in [1.807, 2.05) is 0 Å². The van der Waals surface area contributed by atoms with Crippen LogP contribution in [0.1, 0.15) is 10.4 Å². The molecule has 0 amide bonds. The molecule has 1 rings (SSSR count). The van der Waals surface area contributed by atoms with E-state index in [-0.39, 0.29) is 10.5 Å². The number of carboxylic acid groups (broad SMARTS) is 1. The zero-order valence-corrected chi connectivity index (χ0v) is 12.0. The van der Waals surface area contributed by atoms with Crippen LogP contribution in [0.3, 0.4) is 0 Å². The molecule has 1 aromatic carbocycles. The van der Waals surface area contributed by atoms with Crippen LogP contribution < -0.4 is 5.43 Å². The molecule has 0 unspecified atom stereocenters. The topological polar surface area (TPSA) is 90.0 Å². The Morgan fingerprint density at radius 2 is 1.79 bits per heavy atom. The van der Waals surface area contributed by atoms with Gasteiger partial charge in [0.2, 0.25) is 10.0 Å². The van der Waals surface area contributed by atoms with Gasteiger partial charge in [-0.1, -0.05) is 0 Å². The summed E-state index contributed by atoms with van der Waals surface area (Å²) in [6, 6.07) is 3.94. The number of benzene rings is 1. The lowest BCUT2D eigenvalue weighted by Gasteiger charge is -2.17. The Bertz CT molecular complexity index is 582. The Hall–Kier alpha value is -1.64. The maximum Gasteiger partial charge on any atom is 0.337 e. The average Bonchev–Trinajstić information content (AvgIpc) is 2.27. The molecule has 0 aromatic heterocycles. The molecule has 106 valence electrons. The van der Waals surface area contributed by atoms with Crippen molar-refractivity contribution in [1.29, 1.82) is 0 Å². The largest absolute Gasteiger partial charge is 0.478 e. The van der Waals surface area contributed by atoms with Crippen molar-refractivity contribution >= 4 is 21.7 Å². The molecule has 0 saturated heterocycles. The van der Waals surface area contributed by atoms with Crippen molar-refractivity contribution in [2.24, 2.45) is 0 Å². The minimum atomic E-state index is -3.65. The first-order chi connectivity index (χ1) is 8.66. The highest BCUT2D eigenvalue weighted by molar-refractivity contribution is 7.89. The highest BCUT2D eigenvalue weighted by Crippen LogP contribution is 2.22. The van der Waals surface area contributed by atoms with Crippen molar-refractivity contribution in [3.63, 3.8) is 0 Å². The van der Waals surface area contributed by atoms with Crippen molar-refractivity contribution in [1.82, 2.24) is 9.31 Å². The second-order valence-electron chi connectivity index (χ2n) is 4.31. The van der Waals surface area contributed by atoms with E-state index in [2.05, 4.69) is 5.43 Å². The third-order valence-electron chi connectivity index (χ3n) is 2.34. The summed E-state index contributed by atoms with van der Waals surface area (Å²) in [6.07, 6.45) is 0. The number of carboxylic acids is 1. The summed E-state index contributed by atoms with van der Waals surface area (Å²) in [5.74, 6) is -1.19. The summed E-state index contributed by atoms with van der Waals surface area (Å²) in [6.45, 7) is 0. The standard InChI is InChI=1S/C11H17N3O4S/c1-13(2)12-10-6-5-8(7-9(10)11(15)16)19(17,18)14(3)4/h5-7,12H,1-4H3,(H,15,16). The molecule has 0 bridgehead atoms. The van der Waals surface area contributed by atoms with E-state index in [0.717, 1.165) is 10.4 Å². The zero-order chi connectivity index (χ0) is 14.8. The summed E-state index contributed by atoms with van der Waals surface area (Å²) >= 11 is 0.